The number of benzene rings is 2. The number of hydrogen-bond donors (Lipinski definition) is 1. The summed E-state index contributed by atoms with van der Waals surface area (Å²) in [7, 11) is 0. The summed E-state index contributed by atoms with van der Waals surface area (Å²) in [5.41, 5.74) is 3.04. The first-order valence-corrected chi connectivity index (χ1v) is 10.4. The number of amides is 1. The van der Waals surface area contributed by atoms with Crippen LogP contribution in [0.3, 0.4) is 0 Å². The summed E-state index contributed by atoms with van der Waals surface area (Å²) < 4.78 is 44.9. The molecule has 0 radical (unpaired) electrons. The number of hydrogen-bond acceptors (Lipinski definition) is 4. The van der Waals surface area contributed by atoms with Crippen LogP contribution in [0.25, 0.3) is 33.5 Å². The molecule has 0 saturated carbocycles. The van der Waals surface area contributed by atoms with E-state index < -0.39 is 17.8 Å². The van der Waals surface area contributed by atoms with E-state index in [9.17, 15) is 22.8 Å². The fraction of sp³-hybridized carbons (Fsp3) is 0.261. The molecule has 2 aromatic carbocycles. The monoisotopic (exact) mass is 456 g/mol. The van der Waals surface area contributed by atoms with Gasteiger partial charge in [-0.15, -0.1) is 0 Å². The molecule has 170 valence electrons. The SMILES string of the molecule is O=C(N1CCC(Cn2c(-c3ccc(-c4ccc5occc5c4)cc3)n[nH]c2=O)C1)C(F)(F)F. The molecular weight excluding hydrogens is 437 g/mol. The first-order valence-electron chi connectivity index (χ1n) is 10.4. The van der Waals surface area contributed by atoms with E-state index in [1.807, 2.05) is 48.5 Å². The molecule has 3 heterocycles. The summed E-state index contributed by atoms with van der Waals surface area (Å²) in [6.45, 7) is 0.136. The number of fused-ring (bicyclic) bond motifs is 1. The van der Waals surface area contributed by atoms with E-state index in [-0.39, 0.29) is 25.6 Å². The average molecular weight is 456 g/mol. The van der Waals surface area contributed by atoms with Gasteiger partial charge in [0.25, 0.3) is 0 Å². The lowest BCUT2D eigenvalue weighted by Gasteiger charge is -2.18. The number of likely N-dealkylation sites (tertiary alicyclic amines) is 1. The Kier molecular flexibility index (Phi) is 5.07. The van der Waals surface area contributed by atoms with Crippen LogP contribution in [0.5, 0.6) is 0 Å². The molecule has 0 aliphatic carbocycles. The van der Waals surface area contributed by atoms with Gasteiger partial charge in [0.2, 0.25) is 0 Å². The van der Waals surface area contributed by atoms with Crippen molar-refractivity contribution in [3.05, 3.63) is 65.3 Å². The molecule has 1 aliphatic heterocycles. The maximum atomic E-state index is 12.7. The van der Waals surface area contributed by atoms with Crippen molar-refractivity contribution in [3.63, 3.8) is 0 Å². The highest BCUT2D eigenvalue weighted by Gasteiger charge is 2.44. The van der Waals surface area contributed by atoms with Crippen molar-refractivity contribution in [2.24, 2.45) is 5.92 Å². The third kappa shape index (κ3) is 4.04. The number of aromatic nitrogens is 3. The van der Waals surface area contributed by atoms with Gasteiger partial charge < -0.3 is 9.32 Å². The molecular formula is C23H19F3N4O3. The van der Waals surface area contributed by atoms with E-state index in [0.29, 0.717) is 17.8 Å². The van der Waals surface area contributed by atoms with Gasteiger partial charge in [0, 0.05) is 30.6 Å². The Morgan fingerprint density at radius 3 is 2.58 bits per heavy atom. The second kappa shape index (κ2) is 7.95. The van der Waals surface area contributed by atoms with Crippen molar-refractivity contribution in [1.29, 1.82) is 0 Å². The van der Waals surface area contributed by atoms with Crippen LogP contribution < -0.4 is 5.69 Å². The van der Waals surface area contributed by atoms with E-state index in [1.165, 1.54) is 4.57 Å². The zero-order chi connectivity index (χ0) is 23.2. The zero-order valence-corrected chi connectivity index (χ0v) is 17.3. The first-order chi connectivity index (χ1) is 15.8. The van der Waals surface area contributed by atoms with Crippen molar-refractivity contribution < 1.29 is 22.4 Å². The fourth-order valence-electron chi connectivity index (χ4n) is 4.27. The molecule has 2 aromatic heterocycles. The molecule has 1 unspecified atom stereocenters. The van der Waals surface area contributed by atoms with Crippen molar-refractivity contribution in [1.82, 2.24) is 19.7 Å². The molecule has 5 rings (SSSR count). The van der Waals surface area contributed by atoms with E-state index in [0.717, 1.165) is 27.0 Å². The standard InChI is InChI=1S/C23H19F3N4O3/c24-23(25,26)21(31)29-9-7-14(12-29)13-30-20(27-28-22(30)32)16-3-1-15(2-4-16)17-5-6-19-18(11-17)8-10-33-19/h1-6,8,10-11,14H,7,9,12-13H2,(H,28,32). The van der Waals surface area contributed by atoms with E-state index in [1.54, 1.807) is 6.26 Å². The largest absolute Gasteiger partial charge is 0.471 e. The molecule has 4 aromatic rings. The van der Waals surface area contributed by atoms with Crippen LogP contribution in [-0.2, 0) is 11.3 Å². The Morgan fingerprint density at radius 2 is 1.82 bits per heavy atom. The number of furan rings is 1. The third-order valence-corrected chi connectivity index (χ3v) is 5.94. The van der Waals surface area contributed by atoms with Crippen LogP contribution in [0.2, 0.25) is 0 Å². The van der Waals surface area contributed by atoms with Crippen molar-refractivity contribution in [3.8, 4) is 22.5 Å². The third-order valence-electron chi connectivity index (χ3n) is 5.94. The molecule has 1 N–H and O–H groups in total. The lowest BCUT2D eigenvalue weighted by Crippen LogP contribution is -2.39. The molecule has 33 heavy (non-hydrogen) atoms. The maximum absolute atomic E-state index is 12.7. The summed E-state index contributed by atoms with van der Waals surface area (Å²) in [5.74, 6) is -1.71. The fourth-order valence-corrected chi connectivity index (χ4v) is 4.27. The quantitative estimate of drug-likeness (QED) is 0.502. The number of carbonyl (C=O) groups is 1. The van der Waals surface area contributed by atoms with Crippen LogP contribution >= 0.6 is 0 Å². The van der Waals surface area contributed by atoms with E-state index >= 15 is 0 Å². The van der Waals surface area contributed by atoms with E-state index in [2.05, 4.69) is 10.2 Å². The number of carbonyl (C=O) groups excluding carboxylic acids is 1. The molecule has 10 heteroatoms. The number of H-pyrrole nitrogens is 1. The number of aromatic amines is 1. The molecule has 1 fully saturated rings. The normalized spacial score (nSPS) is 16.6. The van der Waals surface area contributed by atoms with Gasteiger partial charge in [-0.1, -0.05) is 30.3 Å². The van der Waals surface area contributed by atoms with Crippen LogP contribution in [0.15, 0.2) is 64.0 Å². The number of alkyl halides is 3. The Hall–Kier alpha value is -3.82. The molecule has 0 bridgehead atoms. The predicted molar refractivity (Wildman–Crippen MR) is 114 cm³/mol. The van der Waals surface area contributed by atoms with Gasteiger partial charge in [-0.05, 0) is 41.7 Å². The average Bonchev–Trinajstić information content (AvgIpc) is 3.53. The second-order valence-electron chi connectivity index (χ2n) is 8.12. The van der Waals surface area contributed by atoms with Crippen molar-refractivity contribution in [2.45, 2.75) is 19.1 Å². The van der Waals surface area contributed by atoms with Gasteiger partial charge in [0.05, 0.1) is 6.26 Å². The lowest BCUT2D eigenvalue weighted by atomic mass is 10.0. The number of nitrogens with one attached hydrogen (secondary N) is 1. The maximum Gasteiger partial charge on any atom is 0.471 e. The summed E-state index contributed by atoms with van der Waals surface area (Å²) in [5, 5.41) is 7.52. The highest BCUT2D eigenvalue weighted by atomic mass is 19.4. The number of nitrogens with zero attached hydrogens (tertiary/aromatic N) is 3. The van der Waals surface area contributed by atoms with Gasteiger partial charge in [0.1, 0.15) is 5.58 Å². The summed E-state index contributed by atoms with van der Waals surface area (Å²) >= 11 is 0. The summed E-state index contributed by atoms with van der Waals surface area (Å²) in [6, 6.07) is 15.3. The smallest absolute Gasteiger partial charge is 0.464 e. The van der Waals surface area contributed by atoms with Gasteiger partial charge in [-0.25, -0.2) is 9.89 Å². The molecule has 7 nitrogen and oxygen atoms in total. The number of halogens is 3. The van der Waals surface area contributed by atoms with Crippen LogP contribution in [0.4, 0.5) is 13.2 Å². The lowest BCUT2D eigenvalue weighted by molar-refractivity contribution is -0.184. The topological polar surface area (TPSA) is 84.1 Å². The van der Waals surface area contributed by atoms with Crippen molar-refractivity contribution in [2.75, 3.05) is 13.1 Å². The van der Waals surface area contributed by atoms with Gasteiger partial charge in [-0.3, -0.25) is 9.36 Å². The number of rotatable bonds is 4. The van der Waals surface area contributed by atoms with Gasteiger partial charge in [0.15, 0.2) is 5.82 Å². The van der Waals surface area contributed by atoms with Crippen LogP contribution in [0, 0.1) is 5.92 Å². The minimum atomic E-state index is -4.89. The molecule has 0 spiro atoms. The Balaban J connectivity index is 1.35. The predicted octanol–water partition coefficient (Wildman–Crippen LogP) is 4.06. The first kappa shape index (κ1) is 21.0. The molecule has 1 saturated heterocycles. The minimum absolute atomic E-state index is 0.0145. The molecule has 1 atom stereocenters. The second-order valence-corrected chi connectivity index (χ2v) is 8.12. The van der Waals surface area contributed by atoms with Crippen LogP contribution in [-0.4, -0.2) is 44.8 Å². The van der Waals surface area contributed by atoms with E-state index in [4.69, 9.17) is 4.42 Å². The Morgan fingerprint density at radius 1 is 1.09 bits per heavy atom. The Labute approximate surface area is 185 Å². The Bertz CT molecular complexity index is 1370. The summed E-state index contributed by atoms with van der Waals surface area (Å²) in [4.78, 5) is 24.6. The summed E-state index contributed by atoms with van der Waals surface area (Å²) in [6.07, 6.45) is -2.87. The molecule has 1 aliphatic rings. The van der Waals surface area contributed by atoms with Crippen LogP contribution in [0.1, 0.15) is 6.42 Å². The minimum Gasteiger partial charge on any atom is -0.464 e. The molecule has 1 amide bonds. The highest BCUT2D eigenvalue weighted by Crippen LogP contribution is 2.28. The van der Waals surface area contributed by atoms with Crippen molar-refractivity contribution >= 4 is 16.9 Å². The highest BCUT2D eigenvalue weighted by molar-refractivity contribution is 5.84. The van der Waals surface area contributed by atoms with Gasteiger partial charge in [-0.2, -0.15) is 18.3 Å². The van der Waals surface area contributed by atoms with Gasteiger partial charge >= 0.3 is 17.8 Å². The zero-order valence-electron chi connectivity index (χ0n) is 17.3.